The lowest BCUT2D eigenvalue weighted by molar-refractivity contribution is -0.137. The molecule has 0 unspecified atom stereocenters. The SMILES string of the molecule is CCOC(=O)C=Cc1cnc2cnccn12. The van der Waals surface area contributed by atoms with E-state index in [-0.39, 0.29) is 5.97 Å². The number of hydrogen-bond acceptors (Lipinski definition) is 4. The molecule has 0 fully saturated rings. The van der Waals surface area contributed by atoms with Gasteiger partial charge >= 0.3 is 5.97 Å². The van der Waals surface area contributed by atoms with Crippen molar-refractivity contribution in [3.63, 3.8) is 0 Å². The number of imidazole rings is 1. The normalized spacial score (nSPS) is 11.1. The maximum Gasteiger partial charge on any atom is 0.330 e. The smallest absolute Gasteiger partial charge is 0.330 e. The van der Waals surface area contributed by atoms with E-state index in [1.165, 1.54) is 6.08 Å². The van der Waals surface area contributed by atoms with Gasteiger partial charge < -0.3 is 4.74 Å². The second-order valence-corrected chi connectivity index (χ2v) is 3.07. The van der Waals surface area contributed by atoms with Crippen LogP contribution in [0.1, 0.15) is 12.6 Å². The van der Waals surface area contributed by atoms with Gasteiger partial charge in [-0.2, -0.15) is 0 Å². The van der Waals surface area contributed by atoms with E-state index in [2.05, 4.69) is 9.97 Å². The third-order valence-corrected chi connectivity index (χ3v) is 2.02. The van der Waals surface area contributed by atoms with Gasteiger partial charge in [-0.05, 0) is 13.0 Å². The highest BCUT2D eigenvalue weighted by atomic mass is 16.5. The average molecular weight is 217 g/mol. The van der Waals surface area contributed by atoms with Crippen molar-refractivity contribution in [2.75, 3.05) is 6.61 Å². The van der Waals surface area contributed by atoms with Crippen molar-refractivity contribution in [2.24, 2.45) is 0 Å². The van der Waals surface area contributed by atoms with Gasteiger partial charge in [0.1, 0.15) is 0 Å². The summed E-state index contributed by atoms with van der Waals surface area (Å²) in [7, 11) is 0. The molecule has 0 saturated heterocycles. The average Bonchev–Trinajstić information content (AvgIpc) is 2.70. The Labute approximate surface area is 92.4 Å². The quantitative estimate of drug-likeness (QED) is 0.574. The van der Waals surface area contributed by atoms with Crippen molar-refractivity contribution in [3.8, 4) is 0 Å². The fourth-order valence-electron chi connectivity index (χ4n) is 1.33. The number of rotatable bonds is 3. The van der Waals surface area contributed by atoms with Crippen LogP contribution < -0.4 is 0 Å². The number of ether oxygens (including phenoxy) is 1. The molecule has 2 heterocycles. The van der Waals surface area contributed by atoms with Crippen LogP contribution in [0.4, 0.5) is 0 Å². The Morgan fingerprint density at radius 3 is 3.25 bits per heavy atom. The maximum atomic E-state index is 11.1. The molecule has 0 aliphatic rings. The molecule has 5 nitrogen and oxygen atoms in total. The van der Waals surface area contributed by atoms with Crippen molar-refractivity contribution in [2.45, 2.75) is 6.92 Å². The summed E-state index contributed by atoms with van der Waals surface area (Å²) in [4.78, 5) is 19.2. The highest BCUT2D eigenvalue weighted by Gasteiger charge is 2.00. The first-order valence-corrected chi connectivity index (χ1v) is 4.93. The molecule has 5 heteroatoms. The van der Waals surface area contributed by atoms with Gasteiger partial charge in [-0.1, -0.05) is 0 Å². The Morgan fingerprint density at radius 1 is 1.56 bits per heavy atom. The Balaban J connectivity index is 2.24. The molecule has 0 aliphatic heterocycles. The van der Waals surface area contributed by atoms with E-state index in [1.54, 1.807) is 37.8 Å². The van der Waals surface area contributed by atoms with Crippen LogP contribution in [0.3, 0.4) is 0 Å². The number of hydrogen-bond donors (Lipinski definition) is 0. The topological polar surface area (TPSA) is 56.5 Å². The number of esters is 1. The zero-order valence-electron chi connectivity index (χ0n) is 8.83. The second-order valence-electron chi connectivity index (χ2n) is 3.07. The Bertz CT molecular complexity index is 531. The van der Waals surface area contributed by atoms with E-state index in [0.29, 0.717) is 6.61 Å². The van der Waals surface area contributed by atoms with Gasteiger partial charge in [0.25, 0.3) is 0 Å². The second kappa shape index (κ2) is 4.57. The van der Waals surface area contributed by atoms with E-state index in [1.807, 2.05) is 4.40 Å². The highest BCUT2D eigenvalue weighted by Crippen LogP contribution is 2.06. The first kappa shape index (κ1) is 10.4. The van der Waals surface area contributed by atoms with Crippen LogP contribution in [0.2, 0.25) is 0 Å². The van der Waals surface area contributed by atoms with Gasteiger partial charge in [0.05, 0.1) is 24.7 Å². The molecule has 0 radical (unpaired) electrons. The molecule has 0 saturated carbocycles. The van der Waals surface area contributed by atoms with Gasteiger partial charge in [0, 0.05) is 18.5 Å². The summed E-state index contributed by atoms with van der Waals surface area (Å²) < 4.78 is 6.62. The minimum atomic E-state index is -0.355. The Kier molecular flexibility index (Phi) is 2.95. The molecule has 0 amide bonds. The number of carbonyl (C=O) groups is 1. The zero-order chi connectivity index (χ0) is 11.4. The van der Waals surface area contributed by atoms with Crippen LogP contribution in [0.25, 0.3) is 11.7 Å². The van der Waals surface area contributed by atoms with Crippen molar-refractivity contribution in [3.05, 3.63) is 36.6 Å². The van der Waals surface area contributed by atoms with Gasteiger partial charge in [-0.3, -0.25) is 9.38 Å². The molecule has 0 atom stereocenters. The van der Waals surface area contributed by atoms with E-state index in [0.717, 1.165) is 11.3 Å². The monoisotopic (exact) mass is 217 g/mol. The molecule has 2 aromatic heterocycles. The molecular formula is C11H11N3O2. The van der Waals surface area contributed by atoms with E-state index in [4.69, 9.17) is 4.74 Å². The summed E-state index contributed by atoms with van der Waals surface area (Å²) in [5, 5.41) is 0. The summed E-state index contributed by atoms with van der Waals surface area (Å²) in [6.07, 6.45) is 9.82. The lowest BCUT2D eigenvalue weighted by Crippen LogP contribution is -1.98. The molecule has 0 bridgehead atoms. The van der Waals surface area contributed by atoms with Crippen LogP contribution in [0.5, 0.6) is 0 Å². The number of aromatic nitrogens is 3. The van der Waals surface area contributed by atoms with E-state index >= 15 is 0 Å². The highest BCUT2D eigenvalue weighted by molar-refractivity contribution is 5.86. The third-order valence-electron chi connectivity index (χ3n) is 2.02. The molecular weight excluding hydrogens is 206 g/mol. The third kappa shape index (κ3) is 2.08. The van der Waals surface area contributed by atoms with Crippen LogP contribution in [-0.4, -0.2) is 26.9 Å². The van der Waals surface area contributed by atoms with Crippen LogP contribution in [-0.2, 0) is 9.53 Å². The van der Waals surface area contributed by atoms with Crippen LogP contribution in [0, 0.1) is 0 Å². The molecule has 0 aliphatic carbocycles. The first-order valence-electron chi connectivity index (χ1n) is 4.93. The van der Waals surface area contributed by atoms with Crippen molar-refractivity contribution >= 4 is 17.7 Å². The van der Waals surface area contributed by atoms with Gasteiger partial charge in [0.15, 0.2) is 5.65 Å². The van der Waals surface area contributed by atoms with E-state index < -0.39 is 0 Å². The van der Waals surface area contributed by atoms with Crippen LogP contribution >= 0.6 is 0 Å². The lowest BCUT2D eigenvalue weighted by atomic mass is 10.4. The van der Waals surface area contributed by atoms with E-state index in [9.17, 15) is 4.79 Å². The molecule has 0 spiro atoms. The predicted octanol–water partition coefficient (Wildman–Crippen LogP) is 1.31. The van der Waals surface area contributed by atoms with Crippen LogP contribution in [0.15, 0.2) is 30.9 Å². The fourth-order valence-corrected chi connectivity index (χ4v) is 1.33. The van der Waals surface area contributed by atoms with Gasteiger partial charge in [-0.25, -0.2) is 9.78 Å². The Morgan fingerprint density at radius 2 is 2.44 bits per heavy atom. The summed E-state index contributed by atoms with van der Waals surface area (Å²) >= 11 is 0. The lowest BCUT2D eigenvalue weighted by Gasteiger charge is -1.95. The number of carbonyl (C=O) groups excluding carboxylic acids is 1. The molecule has 0 N–H and O–H groups in total. The largest absolute Gasteiger partial charge is 0.463 e. The summed E-state index contributed by atoms with van der Waals surface area (Å²) in [6, 6.07) is 0. The first-order chi connectivity index (χ1) is 7.81. The summed E-state index contributed by atoms with van der Waals surface area (Å²) in [5.74, 6) is -0.355. The molecule has 2 aromatic rings. The Hall–Kier alpha value is -2.17. The number of fused-ring (bicyclic) bond motifs is 1. The van der Waals surface area contributed by atoms with Gasteiger partial charge in [-0.15, -0.1) is 0 Å². The maximum absolute atomic E-state index is 11.1. The molecule has 82 valence electrons. The minimum absolute atomic E-state index is 0.355. The predicted molar refractivity (Wildman–Crippen MR) is 58.7 cm³/mol. The van der Waals surface area contributed by atoms with Crippen molar-refractivity contribution in [1.29, 1.82) is 0 Å². The number of nitrogens with zero attached hydrogens (tertiary/aromatic N) is 3. The standard InChI is InChI=1S/C11H11N3O2/c1-2-16-11(15)4-3-9-7-13-10-8-12-5-6-14(9)10/h3-8H,2H2,1H3. The van der Waals surface area contributed by atoms with Crippen molar-refractivity contribution < 1.29 is 9.53 Å². The fraction of sp³-hybridized carbons (Fsp3) is 0.182. The minimum Gasteiger partial charge on any atom is -0.463 e. The molecule has 16 heavy (non-hydrogen) atoms. The molecule has 0 aromatic carbocycles. The summed E-state index contributed by atoms with van der Waals surface area (Å²) in [6.45, 7) is 2.14. The summed E-state index contributed by atoms with van der Waals surface area (Å²) in [5.41, 5.74) is 1.55. The van der Waals surface area contributed by atoms with Crippen molar-refractivity contribution in [1.82, 2.24) is 14.4 Å². The zero-order valence-corrected chi connectivity index (χ0v) is 8.83. The molecule has 2 rings (SSSR count). The van der Waals surface area contributed by atoms with Gasteiger partial charge in [0.2, 0.25) is 0 Å².